The number of hydrogen-bond acceptors (Lipinski definition) is 3. The molecule has 1 N–H and O–H groups in total. The van der Waals surface area contributed by atoms with Crippen molar-refractivity contribution in [3.8, 4) is 0 Å². The summed E-state index contributed by atoms with van der Waals surface area (Å²) in [7, 11) is 0. The van der Waals surface area contributed by atoms with Crippen molar-refractivity contribution in [2.75, 3.05) is 6.54 Å². The Balaban J connectivity index is 2.07. The van der Waals surface area contributed by atoms with Gasteiger partial charge in [0.15, 0.2) is 0 Å². The van der Waals surface area contributed by atoms with Crippen LogP contribution in [0.25, 0.3) is 10.9 Å². The molecule has 1 aliphatic rings. The van der Waals surface area contributed by atoms with Gasteiger partial charge in [0.25, 0.3) is 0 Å². The summed E-state index contributed by atoms with van der Waals surface area (Å²) in [6.45, 7) is 1.07. The second-order valence-corrected chi connectivity index (χ2v) is 5.00. The van der Waals surface area contributed by atoms with Crippen LogP contribution in [0, 0.1) is 0 Å². The second-order valence-electron chi connectivity index (χ2n) is 4.08. The summed E-state index contributed by atoms with van der Waals surface area (Å²) in [5.74, 6) is 0.920. The van der Waals surface area contributed by atoms with E-state index in [0.29, 0.717) is 6.04 Å². The van der Waals surface area contributed by atoms with E-state index in [1.165, 1.54) is 6.42 Å². The number of halogens is 1. The fourth-order valence-corrected chi connectivity index (χ4v) is 2.43. The van der Waals surface area contributed by atoms with Crippen molar-refractivity contribution in [1.82, 2.24) is 15.3 Å². The first-order valence-corrected chi connectivity index (χ1v) is 6.28. The van der Waals surface area contributed by atoms with Crippen molar-refractivity contribution in [1.29, 1.82) is 0 Å². The molecule has 1 aromatic heterocycles. The second kappa shape index (κ2) is 4.11. The van der Waals surface area contributed by atoms with E-state index in [-0.39, 0.29) is 0 Å². The molecule has 1 saturated heterocycles. The fourth-order valence-electron chi connectivity index (χ4n) is 2.08. The van der Waals surface area contributed by atoms with E-state index in [1.807, 2.05) is 24.4 Å². The van der Waals surface area contributed by atoms with E-state index in [9.17, 15) is 0 Å². The largest absolute Gasteiger partial charge is 0.307 e. The highest BCUT2D eigenvalue weighted by Gasteiger charge is 2.18. The normalized spacial score (nSPS) is 20.4. The van der Waals surface area contributed by atoms with Crippen molar-refractivity contribution in [2.24, 2.45) is 0 Å². The Hall–Kier alpha value is -1.00. The first-order chi connectivity index (χ1) is 7.83. The molecule has 1 atom stereocenters. The van der Waals surface area contributed by atoms with Crippen LogP contribution in [0.5, 0.6) is 0 Å². The van der Waals surface area contributed by atoms with Crippen LogP contribution in [0.3, 0.4) is 0 Å². The van der Waals surface area contributed by atoms with Gasteiger partial charge < -0.3 is 5.32 Å². The molecular formula is C12H12BrN3. The summed E-state index contributed by atoms with van der Waals surface area (Å²) in [4.78, 5) is 9.04. The predicted molar refractivity (Wildman–Crippen MR) is 67.2 cm³/mol. The molecule has 82 valence electrons. The smallest absolute Gasteiger partial charge is 0.145 e. The predicted octanol–water partition coefficient (Wildman–Crippen LogP) is 2.82. The van der Waals surface area contributed by atoms with Gasteiger partial charge in [-0.15, -0.1) is 0 Å². The summed E-state index contributed by atoms with van der Waals surface area (Å²) >= 11 is 3.46. The molecule has 0 aliphatic carbocycles. The quantitative estimate of drug-likeness (QED) is 0.871. The molecule has 1 aromatic carbocycles. The van der Waals surface area contributed by atoms with E-state index >= 15 is 0 Å². The molecule has 1 fully saturated rings. The Morgan fingerprint density at radius 1 is 1.38 bits per heavy atom. The molecule has 0 unspecified atom stereocenters. The lowest BCUT2D eigenvalue weighted by molar-refractivity contribution is 0.608. The van der Waals surface area contributed by atoms with Crippen LogP contribution in [0.2, 0.25) is 0 Å². The van der Waals surface area contributed by atoms with E-state index in [4.69, 9.17) is 0 Å². The third kappa shape index (κ3) is 1.83. The van der Waals surface area contributed by atoms with Crippen molar-refractivity contribution in [2.45, 2.75) is 18.9 Å². The zero-order chi connectivity index (χ0) is 11.0. The summed E-state index contributed by atoms with van der Waals surface area (Å²) in [6, 6.07) is 6.42. The van der Waals surface area contributed by atoms with Gasteiger partial charge in [-0.2, -0.15) is 0 Å². The molecule has 0 saturated carbocycles. The molecule has 0 radical (unpaired) electrons. The molecule has 2 heterocycles. The lowest BCUT2D eigenvalue weighted by atomic mass is 10.2. The number of aromatic nitrogens is 2. The number of rotatable bonds is 1. The Morgan fingerprint density at radius 3 is 3.12 bits per heavy atom. The van der Waals surface area contributed by atoms with Crippen LogP contribution < -0.4 is 5.32 Å². The Bertz CT molecular complexity index is 521. The minimum atomic E-state index is 0.336. The Labute approximate surface area is 102 Å². The van der Waals surface area contributed by atoms with Gasteiger partial charge in [0, 0.05) is 16.1 Å². The first-order valence-electron chi connectivity index (χ1n) is 5.48. The Kier molecular flexibility index (Phi) is 2.61. The van der Waals surface area contributed by atoms with Gasteiger partial charge in [0.05, 0.1) is 11.6 Å². The molecule has 0 spiro atoms. The molecule has 0 bridgehead atoms. The molecule has 1 aliphatic heterocycles. The van der Waals surface area contributed by atoms with Crippen LogP contribution in [-0.4, -0.2) is 16.5 Å². The van der Waals surface area contributed by atoms with Gasteiger partial charge in [0.2, 0.25) is 0 Å². The maximum Gasteiger partial charge on any atom is 0.145 e. The summed E-state index contributed by atoms with van der Waals surface area (Å²) in [6.07, 6.45) is 4.26. The zero-order valence-corrected chi connectivity index (χ0v) is 10.4. The van der Waals surface area contributed by atoms with Gasteiger partial charge in [-0.3, -0.25) is 0 Å². The van der Waals surface area contributed by atoms with E-state index in [2.05, 4.69) is 31.2 Å². The van der Waals surface area contributed by atoms with Crippen LogP contribution in [0.15, 0.2) is 28.9 Å². The topological polar surface area (TPSA) is 37.8 Å². The standard InChI is InChI=1S/C12H12BrN3/c13-9-4-3-8-7-15-12(16-11(8)6-9)10-2-1-5-14-10/h3-4,6-7,10,14H,1-2,5H2/t10-/m0/s1. The third-order valence-electron chi connectivity index (χ3n) is 2.94. The minimum absolute atomic E-state index is 0.336. The van der Waals surface area contributed by atoms with Crippen LogP contribution in [-0.2, 0) is 0 Å². The van der Waals surface area contributed by atoms with E-state index in [0.717, 1.165) is 34.2 Å². The lowest BCUT2D eigenvalue weighted by Gasteiger charge is -2.08. The molecule has 3 nitrogen and oxygen atoms in total. The van der Waals surface area contributed by atoms with Crippen molar-refractivity contribution >= 4 is 26.8 Å². The average molecular weight is 278 g/mol. The molecule has 2 aromatic rings. The number of fused-ring (bicyclic) bond motifs is 1. The third-order valence-corrected chi connectivity index (χ3v) is 3.43. The van der Waals surface area contributed by atoms with Crippen LogP contribution in [0.4, 0.5) is 0 Å². The highest BCUT2D eigenvalue weighted by atomic mass is 79.9. The molecular weight excluding hydrogens is 266 g/mol. The number of hydrogen-bond donors (Lipinski definition) is 1. The summed E-state index contributed by atoms with van der Waals surface area (Å²) < 4.78 is 1.06. The SMILES string of the molecule is Brc1ccc2cnc([C@@H]3CCCN3)nc2c1. The highest BCUT2D eigenvalue weighted by molar-refractivity contribution is 9.10. The van der Waals surface area contributed by atoms with E-state index < -0.39 is 0 Å². The van der Waals surface area contributed by atoms with Crippen molar-refractivity contribution < 1.29 is 0 Å². The van der Waals surface area contributed by atoms with Gasteiger partial charge in [-0.25, -0.2) is 9.97 Å². The Morgan fingerprint density at radius 2 is 2.31 bits per heavy atom. The molecule has 16 heavy (non-hydrogen) atoms. The highest BCUT2D eigenvalue weighted by Crippen LogP contribution is 2.23. The maximum absolute atomic E-state index is 4.61. The maximum atomic E-state index is 4.61. The van der Waals surface area contributed by atoms with Crippen LogP contribution >= 0.6 is 15.9 Å². The zero-order valence-electron chi connectivity index (χ0n) is 8.78. The molecule has 0 amide bonds. The minimum Gasteiger partial charge on any atom is -0.307 e. The van der Waals surface area contributed by atoms with Gasteiger partial charge in [0.1, 0.15) is 5.82 Å². The molecule has 3 rings (SSSR count). The van der Waals surface area contributed by atoms with Gasteiger partial charge >= 0.3 is 0 Å². The average Bonchev–Trinajstić information content (AvgIpc) is 2.81. The number of nitrogens with zero attached hydrogens (tertiary/aromatic N) is 2. The summed E-state index contributed by atoms with van der Waals surface area (Å²) in [5, 5.41) is 4.50. The number of benzene rings is 1. The fraction of sp³-hybridized carbons (Fsp3) is 0.333. The lowest BCUT2D eigenvalue weighted by Crippen LogP contribution is -2.15. The van der Waals surface area contributed by atoms with Crippen LogP contribution in [0.1, 0.15) is 24.7 Å². The number of nitrogens with one attached hydrogen (secondary N) is 1. The van der Waals surface area contributed by atoms with Gasteiger partial charge in [-0.1, -0.05) is 22.0 Å². The van der Waals surface area contributed by atoms with E-state index in [1.54, 1.807) is 0 Å². The van der Waals surface area contributed by atoms with Crippen molar-refractivity contribution in [3.05, 3.63) is 34.7 Å². The molecule has 4 heteroatoms. The monoisotopic (exact) mass is 277 g/mol. The van der Waals surface area contributed by atoms with Gasteiger partial charge in [-0.05, 0) is 31.5 Å². The first kappa shape index (κ1) is 10.2. The summed E-state index contributed by atoms with van der Waals surface area (Å²) in [5.41, 5.74) is 1.01. The van der Waals surface area contributed by atoms with Crippen molar-refractivity contribution in [3.63, 3.8) is 0 Å².